The third-order valence-electron chi connectivity index (χ3n) is 3.76. The third kappa shape index (κ3) is 3.28. The first-order chi connectivity index (χ1) is 10.6. The van der Waals surface area contributed by atoms with Gasteiger partial charge < -0.3 is 10.1 Å². The Morgan fingerprint density at radius 3 is 2.91 bits per heavy atom. The van der Waals surface area contributed by atoms with Crippen LogP contribution in [0.25, 0.3) is 0 Å². The summed E-state index contributed by atoms with van der Waals surface area (Å²) in [5, 5.41) is 7.42. The number of aryl methyl sites for hydroxylation is 1. The zero-order chi connectivity index (χ0) is 15.5. The standard InChI is InChI=1S/C15H17ClN4O2/c1-20-7-12(16)14(19-20)15(21)18-13-9-22-8-11(13)6-10-2-4-17-5-3-10/h2-5,7,11,13H,6,8-9H2,1H3,(H,18,21). The number of nitrogens with one attached hydrogen (secondary N) is 1. The summed E-state index contributed by atoms with van der Waals surface area (Å²) in [6.45, 7) is 1.13. The second kappa shape index (κ2) is 6.46. The van der Waals surface area contributed by atoms with Crippen molar-refractivity contribution in [2.75, 3.05) is 13.2 Å². The maximum Gasteiger partial charge on any atom is 0.273 e. The molecule has 2 atom stereocenters. The smallest absolute Gasteiger partial charge is 0.273 e. The average molecular weight is 321 g/mol. The molecule has 0 radical (unpaired) electrons. The minimum Gasteiger partial charge on any atom is -0.379 e. The molecular weight excluding hydrogens is 304 g/mol. The lowest BCUT2D eigenvalue weighted by molar-refractivity contribution is 0.0919. The molecule has 7 heteroatoms. The maximum atomic E-state index is 12.3. The van der Waals surface area contributed by atoms with Gasteiger partial charge in [0.05, 0.1) is 24.3 Å². The van der Waals surface area contributed by atoms with Crippen molar-refractivity contribution < 1.29 is 9.53 Å². The summed E-state index contributed by atoms with van der Waals surface area (Å²) in [7, 11) is 1.73. The molecule has 3 rings (SSSR count). The summed E-state index contributed by atoms with van der Waals surface area (Å²) in [6.07, 6.45) is 5.98. The molecule has 6 nitrogen and oxygen atoms in total. The van der Waals surface area contributed by atoms with Gasteiger partial charge in [-0.25, -0.2) is 0 Å². The van der Waals surface area contributed by atoms with Crippen molar-refractivity contribution >= 4 is 17.5 Å². The summed E-state index contributed by atoms with van der Waals surface area (Å²) in [4.78, 5) is 16.3. The zero-order valence-electron chi connectivity index (χ0n) is 12.2. The number of amides is 1. The van der Waals surface area contributed by atoms with Crippen LogP contribution in [0.15, 0.2) is 30.7 Å². The van der Waals surface area contributed by atoms with E-state index >= 15 is 0 Å². The van der Waals surface area contributed by atoms with Crippen molar-refractivity contribution in [3.8, 4) is 0 Å². The van der Waals surface area contributed by atoms with Crippen LogP contribution in [0, 0.1) is 5.92 Å². The summed E-state index contributed by atoms with van der Waals surface area (Å²) < 4.78 is 7.05. The molecular formula is C15H17ClN4O2. The molecule has 1 fully saturated rings. The first-order valence-electron chi connectivity index (χ1n) is 7.10. The van der Waals surface area contributed by atoms with Gasteiger partial charge in [0.25, 0.3) is 5.91 Å². The molecule has 2 aromatic rings. The molecule has 0 aromatic carbocycles. The first-order valence-corrected chi connectivity index (χ1v) is 7.48. The molecule has 3 heterocycles. The Kier molecular flexibility index (Phi) is 4.40. The minimum absolute atomic E-state index is 0.0428. The van der Waals surface area contributed by atoms with Crippen LogP contribution in [0.3, 0.4) is 0 Å². The van der Waals surface area contributed by atoms with Gasteiger partial charge in [-0.15, -0.1) is 0 Å². The van der Waals surface area contributed by atoms with E-state index in [0.29, 0.717) is 18.2 Å². The number of pyridine rings is 1. The Morgan fingerprint density at radius 1 is 1.45 bits per heavy atom. The van der Waals surface area contributed by atoms with Gasteiger partial charge in [-0.2, -0.15) is 5.10 Å². The van der Waals surface area contributed by atoms with E-state index in [9.17, 15) is 4.79 Å². The van der Waals surface area contributed by atoms with Crippen LogP contribution in [0.2, 0.25) is 5.02 Å². The van der Waals surface area contributed by atoms with Gasteiger partial charge in [0.15, 0.2) is 5.69 Å². The Bertz CT molecular complexity index is 659. The second-order valence-electron chi connectivity index (χ2n) is 5.44. The summed E-state index contributed by atoms with van der Waals surface area (Å²) in [6, 6.07) is 3.92. The third-order valence-corrected chi connectivity index (χ3v) is 4.04. The highest BCUT2D eigenvalue weighted by Crippen LogP contribution is 2.20. The first kappa shape index (κ1) is 15.0. The molecule has 0 aliphatic carbocycles. The minimum atomic E-state index is -0.263. The van der Waals surface area contributed by atoms with E-state index in [1.54, 1.807) is 25.6 Å². The fourth-order valence-electron chi connectivity index (χ4n) is 2.63. The van der Waals surface area contributed by atoms with Crippen molar-refractivity contribution in [1.82, 2.24) is 20.1 Å². The molecule has 1 aliphatic rings. The van der Waals surface area contributed by atoms with Crippen molar-refractivity contribution in [1.29, 1.82) is 0 Å². The lowest BCUT2D eigenvalue weighted by Crippen LogP contribution is -2.40. The number of carbonyl (C=O) groups excluding carboxylic acids is 1. The number of rotatable bonds is 4. The van der Waals surface area contributed by atoms with Crippen LogP contribution in [-0.2, 0) is 18.2 Å². The van der Waals surface area contributed by atoms with E-state index in [1.165, 1.54) is 10.2 Å². The lowest BCUT2D eigenvalue weighted by Gasteiger charge is -2.18. The van der Waals surface area contributed by atoms with Crippen LogP contribution in [0.1, 0.15) is 16.1 Å². The van der Waals surface area contributed by atoms with Gasteiger partial charge in [0.1, 0.15) is 0 Å². The number of aromatic nitrogens is 3. The number of halogens is 1. The van der Waals surface area contributed by atoms with Gasteiger partial charge in [-0.05, 0) is 24.1 Å². The number of hydrogen-bond donors (Lipinski definition) is 1. The van der Waals surface area contributed by atoms with Crippen molar-refractivity contribution in [2.24, 2.45) is 13.0 Å². The van der Waals surface area contributed by atoms with E-state index in [1.807, 2.05) is 12.1 Å². The maximum absolute atomic E-state index is 12.3. The van der Waals surface area contributed by atoms with Gasteiger partial charge in [0, 0.05) is 31.6 Å². The van der Waals surface area contributed by atoms with E-state index in [4.69, 9.17) is 16.3 Å². The SMILES string of the molecule is Cn1cc(Cl)c(C(=O)NC2COCC2Cc2ccncc2)n1. The monoisotopic (exact) mass is 320 g/mol. The van der Waals surface area contributed by atoms with Gasteiger partial charge in [0.2, 0.25) is 0 Å². The van der Waals surface area contributed by atoms with Crippen LogP contribution >= 0.6 is 11.6 Å². The quantitative estimate of drug-likeness (QED) is 0.926. The van der Waals surface area contributed by atoms with Crippen LogP contribution in [0.4, 0.5) is 0 Å². The van der Waals surface area contributed by atoms with Crippen LogP contribution < -0.4 is 5.32 Å². The summed E-state index contributed by atoms with van der Waals surface area (Å²) in [5.41, 5.74) is 1.43. The Morgan fingerprint density at radius 2 is 2.23 bits per heavy atom. The fraction of sp³-hybridized carbons (Fsp3) is 0.400. The molecule has 2 aromatic heterocycles. The van der Waals surface area contributed by atoms with Gasteiger partial charge >= 0.3 is 0 Å². The van der Waals surface area contributed by atoms with Crippen molar-refractivity contribution in [3.63, 3.8) is 0 Å². The van der Waals surface area contributed by atoms with Gasteiger partial charge in [-0.1, -0.05) is 11.6 Å². The number of hydrogen-bond acceptors (Lipinski definition) is 4. The lowest BCUT2D eigenvalue weighted by atomic mass is 9.95. The van der Waals surface area contributed by atoms with E-state index in [0.717, 1.165) is 6.42 Å². The Hall–Kier alpha value is -1.92. The topological polar surface area (TPSA) is 69.0 Å². The second-order valence-corrected chi connectivity index (χ2v) is 5.84. The molecule has 1 aliphatic heterocycles. The highest BCUT2D eigenvalue weighted by Gasteiger charge is 2.31. The fourth-order valence-corrected chi connectivity index (χ4v) is 2.90. The van der Waals surface area contributed by atoms with Crippen molar-refractivity contribution in [2.45, 2.75) is 12.5 Å². The summed E-state index contributed by atoms with van der Waals surface area (Å²) >= 11 is 6.01. The van der Waals surface area contributed by atoms with Crippen LogP contribution in [0.5, 0.6) is 0 Å². The van der Waals surface area contributed by atoms with E-state index in [-0.39, 0.29) is 23.6 Å². The van der Waals surface area contributed by atoms with Crippen molar-refractivity contribution in [3.05, 3.63) is 47.0 Å². The predicted molar refractivity (Wildman–Crippen MR) is 81.7 cm³/mol. The number of carbonyl (C=O) groups is 1. The summed E-state index contributed by atoms with van der Waals surface area (Å²) in [5.74, 6) is -0.0327. The molecule has 0 saturated carbocycles. The zero-order valence-corrected chi connectivity index (χ0v) is 13.0. The molecule has 1 saturated heterocycles. The number of nitrogens with zero attached hydrogens (tertiary/aromatic N) is 3. The highest BCUT2D eigenvalue weighted by molar-refractivity contribution is 6.33. The molecule has 0 bridgehead atoms. The normalized spacial score (nSPS) is 21.0. The van der Waals surface area contributed by atoms with E-state index in [2.05, 4.69) is 15.4 Å². The Balaban J connectivity index is 1.66. The van der Waals surface area contributed by atoms with Crippen LogP contribution in [-0.4, -0.2) is 39.9 Å². The molecule has 22 heavy (non-hydrogen) atoms. The molecule has 1 N–H and O–H groups in total. The molecule has 116 valence electrons. The number of ether oxygens (including phenoxy) is 1. The predicted octanol–water partition coefficient (Wildman–Crippen LogP) is 1.46. The molecule has 1 amide bonds. The van der Waals surface area contributed by atoms with E-state index < -0.39 is 0 Å². The Labute approximate surface area is 133 Å². The average Bonchev–Trinajstić information content (AvgIpc) is 3.06. The largest absolute Gasteiger partial charge is 0.379 e. The van der Waals surface area contributed by atoms with Gasteiger partial charge in [-0.3, -0.25) is 14.5 Å². The molecule has 2 unspecified atom stereocenters. The molecule has 0 spiro atoms. The highest BCUT2D eigenvalue weighted by atomic mass is 35.5.